The number of nitrogens with one attached hydrogen (secondary N) is 2. The van der Waals surface area contributed by atoms with Crippen molar-refractivity contribution in [2.45, 2.75) is 31.8 Å². The standard InChI is InChI=1S/C16H21N5OS/c1-21(2)15-17-9-11-8-12(5-6-14(11)20-15)19-16(22)18-10-13-4-3-7-23-13/h3-4,7,9,12H,5-6,8,10H2,1-2H3,(H2,18,19,22)/t12-/m0/s1. The third-order valence-electron chi connectivity index (χ3n) is 3.88. The molecule has 2 amide bonds. The number of aryl methyl sites for hydroxylation is 1. The van der Waals surface area contributed by atoms with E-state index in [1.54, 1.807) is 11.3 Å². The molecule has 2 aromatic heterocycles. The van der Waals surface area contributed by atoms with Crippen LogP contribution < -0.4 is 15.5 Å². The summed E-state index contributed by atoms with van der Waals surface area (Å²) in [5, 5.41) is 7.96. The Morgan fingerprint density at radius 2 is 2.35 bits per heavy atom. The van der Waals surface area contributed by atoms with Crippen LogP contribution in [0.4, 0.5) is 10.7 Å². The number of urea groups is 1. The fourth-order valence-corrected chi connectivity index (χ4v) is 3.30. The molecule has 1 aliphatic carbocycles. The molecule has 0 aromatic carbocycles. The van der Waals surface area contributed by atoms with Crippen LogP contribution >= 0.6 is 11.3 Å². The lowest BCUT2D eigenvalue weighted by molar-refractivity contribution is 0.235. The molecule has 6 nitrogen and oxygen atoms in total. The van der Waals surface area contributed by atoms with Crippen LogP contribution in [0.3, 0.4) is 0 Å². The Balaban J connectivity index is 1.54. The molecule has 3 rings (SSSR count). The van der Waals surface area contributed by atoms with E-state index < -0.39 is 0 Å². The Morgan fingerprint density at radius 3 is 3.09 bits per heavy atom. The molecule has 2 heterocycles. The average molecular weight is 331 g/mol. The summed E-state index contributed by atoms with van der Waals surface area (Å²) >= 11 is 1.64. The number of nitrogens with zero attached hydrogens (tertiary/aromatic N) is 3. The number of rotatable bonds is 4. The topological polar surface area (TPSA) is 70.2 Å². The number of carbonyl (C=O) groups excluding carboxylic acids is 1. The first-order chi connectivity index (χ1) is 11.1. The Labute approximate surface area is 140 Å². The molecule has 1 atom stereocenters. The molecular weight excluding hydrogens is 310 g/mol. The SMILES string of the molecule is CN(C)c1ncc2c(n1)CC[C@H](NC(=O)NCc1cccs1)C2. The van der Waals surface area contributed by atoms with Crippen molar-refractivity contribution in [1.29, 1.82) is 0 Å². The van der Waals surface area contributed by atoms with Gasteiger partial charge in [0.15, 0.2) is 0 Å². The molecule has 0 saturated carbocycles. The van der Waals surface area contributed by atoms with Crippen LogP contribution in [0, 0.1) is 0 Å². The lowest BCUT2D eigenvalue weighted by atomic mass is 9.93. The molecule has 0 radical (unpaired) electrons. The molecule has 122 valence electrons. The first-order valence-electron chi connectivity index (χ1n) is 7.70. The minimum atomic E-state index is -0.113. The Kier molecular flexibility index (Phi) is 4.76. The van der Waals surface area contributed by atoms with Gasteiger partial charge < -0.3 is 15.5 Å². The summed E-state index contributed by atoms with van der Waals surface area (Å²) in [7, 11) is 3.87. The summed E-state index contributed by atoms with van der Waals surface area (Å²) in [6, 6.07) is 4.03. The summed E-state index contributed by atoms with van der Waals surface area (Å²) in [6.45, 7) is 0.572. The second kappa shape index (κ2) is 6.95. The minimum Gasteiger partial charge on any atom is -0.347 e. The van der Waals surface area contributed by atoms with Crippen LogP contribution in [0.5, 0.6) is 0 Å². The zero-order valence-corrected chi connectivity index (χ0v) is 14.2. The molecule has 0 bridgehead atoms. The highest BCUT2D eigenvalue weighted by Gasteiger charge is 2.22. The Morgan fingerprint density at radius 1 is 1.48 bits per heavy atom. The minimum absolute atomic E-state index is 0.113. The maximum Gasteiger partial charge on any atom is 0.315 e. The van der Waals surface area contributed by atoms with Gasteiger partial charge in [0.25, 0.3) is 0 Å². The first-order valence-corrected chi connectivity index (χ1v) is 8.58. The summed E-state index contributed by atoms with van der Waals surface area (Å²) in [4.78, 5) is 24.0. The van der Waals surface area contributed by atoms with Gasteiger partial charge in [-0.1, -0.05) is 6.07 Å². The highest BCUT2D eigenvalue weighted by molar-refractivity contribution is 7.09. The molecule has 2 aromatic rings. The van der Waals surface area contributed by atoms with Gasteiger partial charge in [0.2, 0.25) is 5.95 Å². The number of aromatic nitrogens is 2. The quantitative estimate of drug-likeness (QED) is 0.898. The van der Waals surface area contributed by atoms with E-state index in [-0.39, 0.29) is 12.1 Å². The van der Waals surface area contributed by atoms with Gasteiger partial charge in [0, 0.05) is 36.9 Å². The summed E-state index contributed by atoms with van der Waals surface area (Å²) in [6.07, 6.45) is 4.45. The summed E-state index contributed by atoms with van der Waals surface area (Å²) in [5.74, 6) is 0.740. The second-order valence-corrected chi connectivity index (χ2v) is 6.91. The van der Waals surface area contributed by atoms with Crippen molar-refractivity contribution in [2.24, 2.45) is 0 Å². The van der Waals surface area contributed by atoms with E-state index in [4.69, 9.17) is 0 Å². The average Bonchev–Trinajstić information content (AvgIpc) is 3.06. The molecule has 23 heavy (non-hydrogen) atoms. The molecule has 0 saturated heterocycles. The van der Waals surface area contributed by atoms with Crippen molar-refractivity contribution in [3.63, 3.8) is 0 Å². The van der Waals surface area contributed by atoms with E-state index in [0.717, 1.165) is 41.3 Å². The van der Waals surface area contributed by atoms with Crippen LogP contribution in [0.15, 0.2) is 23.7 Å². The van der Waals surface area contributed by atoms with Gasteiger partial charge >= 0.3 is 6.03 Å². The molecule has 7 heteroatoms. The van der Waals surface area contributed by atoms with Gasteiger partial charge in [-0.2, -0.15) is 0 Å². The van der Waals surface area contributed by atoms with Crippen molar-refractivity contribution >= 4 is 23.3 Å². The van der Waals surface area contributed by atoms with E-state index in [1.165, 1.54) is 0 Å². The Bertz CT molecular complexity index is 671. The third-order valence-corrected chi connectivity index (χ3v) is 4.75. The third kappa shape index (κ3) is 3.98. The fraction of sp³-hybridized carbons (Fsp3) is 0.438. The van der Waals surface area contributed by atoms with Crippen molar-refractivity contribution in [1.82, 2.24) is 20.6 Å². The molecule has 1 aliphatic rings. The summed E-state index contributed by atoms with van der Waals surface area (Å²) in [5.41, 5.74) is 2.23. The number of fused-ring (bicyclic) bond motifs is 1. The van der Waals surface area contributed by atoms with Gasteiger partial charge in [-0.05, 0) is 36.3 Å². The number of anilines is 1. The van der Waals surface area contributed by atoms with E-state index in [2.05, 4.69) is 20.6 Å². The van der Waals surface area contributed by atoms with Gasteiger partial charge in [0.1, 0.15) is 0 Å². The summed E-state index contributed by atoms with van der Waals surface area (Å²) < 4.78 is 0. The predicted octanol–water partition coefficient (Wildman–Crippen LogP) is 1.96. The van der Waals surface area contributed by atoms with Gasteiger partial charge in [-0.25, -0.2) is 14.8 Å². The fourth-order valence-electron chi connectivity index (χ4n) is 2.65. The zero-order valence-electron chi connectivity index (χ0n) is 13.4. The molecule has 0 aliphatic heterocycles. The zero-order chi connectivity index (χ0) is 16.2. The first kappa shape index (κ1) is 15.7. The van der Waals surface area contributed by atoms with Crippen LogP contribution in [-0.4, -0.2) is 36.1 Å². The second-order valence-electron chi connectivity index (χ2n) is 5.88. The number of thiophene rings is 1. The van der Waals surface area contributed by atoms with Gasteiger partial charge in [-0.3, -0.25) is 0 Å². The van der Waals surface area contributed by atoms with Crippen LogP contribution in [0.25, 0.3) is 0 Å². The molecular formula is C16H21N5OS. The number of amides is 2. The molecule has 0 spiro atoms. The largest absolute Gasteiger partial charge is 0.347 e. The van der Waals surface area contributed by atoms with Crippen molar-refractivity contribution in [3.05, 3.63) is 39.8 Å². The smallest absolute Gasteiger partial charge is 0.315 e. The van der Waals surface area contributed by atoms with Crippen molar-refractivity contribution in [3.8, 4) is 0 Å². The van der Waals surface area contributed by atoms with Crippen molar-refractivity contribution < 1.29 is 4.79 Å². The lowest BCUT2D eigenvalue weighted by Crippen LogP contribution is -2.44. The molecule has 0 unspecified atom stereocenters. The highest BCUT2D eigenvalue weighted by atomic mass is 32.1. The predicted molar refractivity (Wildman–Crippen MR) is 91.9 cm³/mol. The van der Waals surface area contributed by atoms with E-state index in [0.29, 0.717) is 6.54 Å². The van der Waals surface area contributed by atoms with E-state index in [9.17, 15) is 4.79 Å². The number of hydrogen-bond donors (Lipinski definition) is 2. The van der Waals surface area contributed by atoms with Crippen LogP contribution in [0.2, 0.25) is 0 Å². The Hall–Kier alpha value is -2.15. The highest BCUT2D eigenvalue weighted by Crippen LogP contribution is 2.20. The van der Waals surface area contributed by atoms with Crippen LogP contribution in [-0.2, 0) is 19.4 Å². The van der Waals surface area contributed by atoms with Crippen molar-refractivity contribution in [2.75, 3.05) is 19.0 Å². The maximum atomic E-state index is 12.0. The number of hydrogen-bond acceptors (Lipinski definition) is 5. The van der Waals surface area contributed by atoms with Gasteiger partial charge in [0.05, 0.1) is 6.54 Å². The van der Waals surface area contributed by atoms with E-state index >= 15 is 0 Å². The van der Waals surface area contributed by atoms with E-state index in [1.807, 2.05) is 42.7 Å². The van der Waals surface area contributed by atoms with Gasteiger partial charge in [-0.15, -0.1) is 11.3 Å². The molecule has 2 N–H and O–H groups in total. The number of carbonyl (C=O) groups is 1. The maximum absolute atomic E-state index is 12.0. The molecule has 0 fully saturated rings. The van der Waals surface area contributed by atoms with Crippen LogP contribution in [0.1, 0.15) is 22.6 Å². The lowest BCUT2D eigenvalue weighted by Gasteiger charge is -2.25. The monoisotopic (exact) mass is 331 g/mol. The normalized spacial score (nSPS) is 16.5.